The zero-order valence-electron chi connectivity index (χ0n) is 20.6. The number of anilines is 1. The van der Waals surface area contributed by atoms with E-state index in [1.54, 1.807) is 48.5 Å². The molecule has 3 rings (SSSR count). The number of nitrogens with one attached hydrogen (secondary N) is 2. The Morgan fingerprint density at radius 1 is 1.05 bits per heavy atom. The fourth-order valence-electron chi connectivity index (χ4n) is 3.40. The first-order valence-corrected chi connectivity index (χ1v) is 13.2. The molecule has 0 unspecified atom stereocenters. The third kappa shape index (κ3) is 8.62. The molecule has 3 aromatic carbocycles. The first-order valence-electron chi connectivity index (χ1n) is 11.6. The number of hydrogen-bond donors (Lipinski definition) is 2. The van der Waals surface area contributed by atoms with Crippen LogP contribution in [-0.4, -0.2) is 24.6 Å². The molecule has 3 aromatic rings. The van der Waals surface area contributed by atoms with Crippen LogP contribution in [0.25, 0.3) is 0 Å². The lowest BCUT2D eigenvalue weighted by molar-refractivity contribution is -0.126. The van der Waals surface area contributed by atoms with Gasteiger partial charge in [-0.1, -0.05) is 47.5 Å². The van der Waals surface area contributed by atoms with Crippen LogP contribution in [0, 0.1) is 0 Å². The molecule has 0 aliphatic rings. The molecular weight excluding hydrogens is 593 g/mol. The summed E-state index contributed by atoms with van der Waals surface area (Å²) in [5, 5.41) is 7.72. The first-order chi connectivity index (χ1) is 18.3. The van der Waals surface area contributed by atoms with Crippen LogP contribution in [0.3, 0.4) is 0 Å². The molecule has 0 aliphatic carbocycles. The summed E-state index contributed by atoms with van der Waals surface area (Å²) < 4.78 is 12.7. The number of rotatable bonds is 12. The minimum atomic E-state index is -0.554. The summed E-state index contributed by atoms with van der Waals surface area (Å²) in [6.07, 6.45) is 3.34. The van der Waals surface area contributed by atoms with Gasteiger partial charge in [-0.15, -0.1) is 6.58 Å². The average molecular weight is 619 g/mol. The maximum absolute atomic E-state index is 12.2. The Morgan fingerprint density at radius 3 is 2.55 bits per heavy atom. The number of hydrazone groups is 1. The van der Waals surface area contributed by atoms with Crippen LogP contribution in [0.5, 0.6) is 11.5 Å². The van der Waals surface area contributed by atoms with Gasteiger partial charge in [0.2, 0.25) is 11.8 Å². The smallest absolute Gasteiger partial charge is 0.249 e. The lowest BCUT2D eigenvalue weighted by atomic mass is 10.1. The molecule has 0 aromatic heterocycles. The van der Waals surface area contributed by atoms with E-state index in [-0.39, 0.29) is 13.0 Å². The number of ether oxygens (including phenoxy) is 2. The number of halogens is 3. The van der Waals surface area contributed by atoms with E-state index < -0.39 is 11.8 Å². The molecule has 0 spiro atoms. The van der Waals surface area contributed by atoms with Crippen LogP contribution in [0.15, 0.2) is 76.8 Å². The van der Waals surface area contributed by atoms with E-state index in [0.717, 1.165) is 15.6 Å². The van der Waals surface area contributed by atoms with Gasteiger partial charge in [-0.2, -0.15) is 5.10 Å². The molecule has 2 amide bonds. The summed E-state index contributed by atoms with van der Waals surface area (Å²) >= 11 is 15.6. The maximum Gasteiger partial charge on any atom is 0.249 e. The van der Waals surface area contributed by atoms with Crippen molar-refractivity contribution in [2.45, 2.75) is 26.4 Å². The molecular formula is C28H26BrCl2N3O4. The number of para-hydroxylation sites is 1. The first kappa shape index (κ1) is 29.2. The highest BCUT2D eigenvalue weighted by Crippen LogP contribution is 2.35. The Balaban J connectivity index is 1.69. The van der Waals surface area contributed by atoms with Crippen LogP contribution in [0.1, 0.15) is 30.0 Å². The molecule has 0 radical (unpaired) electrons. The molecule has 2 N–H and O–H groups in total. The van der Waals surface area contributed by atoms with Crippen molar-refractivity contribution in [3.8, 4) is 11.5 Å². The number of carbonyl (C=O) groups excluding carboxylic acids is 2. The van der Waals surface area contributed by atoms with Crippen molar-refractivity contribution in [2.24, 2.45) is 5.10 Å². The Morgan fingerprint density at radius 2 is 1.84 bits per heavy atom. The number of nitrogens with zero attached hydrogens (tertiary/aromatic N) is 1. The highest BCUT2D eigenvalue weighted by molar-refractivity contribution is 9.10. The highest BCUT2D eigenvalue weighted by atomic mass is 79.9. The van der Waals surface area contributed by atoms with Crippen LogP contribution >= 0.6 is 39.1 Å². The highest BCUT2D eigenvalue weighted by Gasteiger charge is 2.15. The topological polar surface area (TPSA) is 89.0 Å². The Labute approximate surface area is 239 Å². The van der Waals surface area contributed by atoms with Gasteiger partial charge in [-0.3, -0.25) is 9.59 Å². The van der Waals surface area contributed by atoms with E-state index in [0.29, 0.717) is 45.8 Å². The lowest BCUT2D eigenvalue weighted by Crippen LogP contribution is -2.24. The van der Waals surface area contributed by atoms with E-state index in [1.165, 1.54) is 6.21 Å². The van der Waals surface area contributed by atoms with Gasteiger partial charge < -0.3 is 14.8 Å². The number of hydrogen-bond acceptors (Lipinski definition) is 5. The van der Waals surface area contributed by atoms with E-state index in [4.69, 9.17) is 32.7 Å². The van der Waals surface area contributed by atoms with Crippen molar-refractivity contribution in [1.29, 1.82) is 0 Å². The lowest BCUT2D eigenvalue weighted by Gasteiger charge is -2.17. The predicted octanol–water partition coefficient (Wildman–Crippen LogP) is 6.94. The Bertz CT molecular complexity index is 1350. The number of benzene rings is 3. The largest absolute Gasteiger partial charge is 0.490 e. The summed E-state index contributed by atoms with van der Waals surface area (Å²) in [5.41, 5.74) is 5.22. The second-order valence-electron chi connectivity index (χ2n) is 7.96. The molecule has 0 fully saturated rings. The van der Waals surface area contributed by atoms with Crippen molar-refractivity contribution in [3.05, 3.63) is 98.5 Å². The minimum absolute atomic E-state index is 0.214. The van der Waals surface area contributed by atoms with Crippen molar-refractivity contribution < 1.29 is 19.1 Å². The molecule has 0 heterocycles. The van der Waals surface area contributed by atoms with Crippen LogP contribution in [0.2, 0.25) is 10.0 Å². The summed E-state index contributed by atoms with van der Waals surface area (Å²) in [7, 11) is 0. The zero-order chi connectivity index (χ0) is 27.5. The van der Waals surface area contributed by atoms with Crippen molar-refractivity contribution >= 4 is 62.8 Å². The van der Waals surface area contributed by atoms with Crippen molar-refractivity contribution in [3.63, 3.8) is 0 Å². The summed E-state index contributed by atoms with van der Waals surface area (Å²) in [6, 6.07) is 16.0. The molecule has 0 bridgehead atoms. The zero-order valence-corrected chi connectivity index (χ0v) is 23.7. The summed E-state index contributed by atoms with van der Waals surface area (Å²) in [4.78, 5) is 24.4. The van der Waals surface area contributed by atoms with Gasteiger partial charge in [0.05, 0.1) is 18.5 Å². The van der Waals surface area contributed by atoms with Gasteiger partial charge in [0.1, 0.15) is 13.0 Å². The molecule has 198 valence electrons. The number of allylic oxidation sites excluding steroid dienone is 1. The quantitative estimate of drug-likeness (QED) is 0.0996. The van der Waals surface area contributed by atoms with Gasteiger partial charge in [0, 0.05) is 25.6 Å². The molecule has 0 saturated carbocycles. The SMILES string of the molecule is C=CCc1cc(C=NNC(=O)CC(=O)Nc2ccccc2Br)cc(OCC)c1OCc1ccc(Cl)cc1Cl. The van der Waals surface area contributed by atoms with E-state index >= 15 is 0 Å². The molecule has 0 atom stereocenters. The van der Waals surface area contributed by atoms with Crippen LogP contribution < -0.4 is 20.2 Å². The fraction of sp³-hybridized carbons (Fsp3) is 0.179. The summed E-state index contributed by atoms with van der Waals surface area (Å²) in [6.45, 7) is 6.32. The van der Waals surface area contributed by atoms with Gasteiger partial charge >= 0.3 is 0 Å². The second kappa shape index (κ2) is 14.6. The number of carbonyl (C=O) groups is 2. The van der Waals surface area contributed by atoms with Gasteiger partial charge in [-0.25, -0.2) is 5.43 Å². The third-order valence-electron chi connectivity index (χ3n) is 5.08. The Hall–Kier alpha value is -3.33. The summed E-state index contributed by atoms with van der Waals surface area (Å²) in [5.74, 6) is 0.0564. The van der Waals surface area contributed by atoms with Gasteiger partial charge in [-0.05, 0) is 71.2 Å². The molecule has 10 heteroatoms. The second-order valence-corrected chi connectivity index (χ2v) is 9.65. The Kier molecular flexibility index (Phi) is 11.2. The van der Waals surface area contributed by atoms with Crippen molar-refractivity contribution in [2.75, 3.05) is 11.9 Å². The third-order valence-corrected chi connectivity index (χ3v) is 6.36. The normalized spacial score (nSPS) is 10.7. The monoisotopic (exact) mass is 617 g/mol. The minimum Gasteiger partial charge on any atom is -0.490 e. The molecule has 0 saturated heterocycles. The molecule has 0 aliphatic heterocycles. The predicted molar refractivity (Wildman–Crippen MR) is 155 cm³/mol. The molecule has 7 nitrogen and oxygen atoms in total. The maximum atomic E-state index is 12.2. The fourth-order valence-corrected chi connectivity index (χ4v) is 4.25. The van der Waals surface area contributed by atoms with Crippen LogP contribution in [-0.2, 0) is 22.6 Å². The molecule has 38 heavy (non-hydrogen) atoms. The van der Waals surface area contributed by atoms with Gasteiger partial charge in [0.25, 0.3) is 0 Å². The average Bonchev–Trinajstić information content (AvgIpc) is 2.86. The van der Waals surface area contributed by atoms with E-state index in [9.17, 15) is 9.59 Å². The number of amides is 2. The van der Waals surface area contributed by atoms with E-state index in [2.05, 4.69) is 38.4 Å². The van der Waals surface area contributed by atoms with Gasteiger partial charge in [0.15, 0.2) is 11.5 Å². The van der Waals surface area contributed by atoms with Crippen LogP contribution in [0.4, 0.5) is 5.69 Å². The van der Waals surface area contributed by atoms with Crippen molar-refractivity contribution in [1.82, 2.24) is 5.43 Å². The van der Waals surface area contributed by atoms with E-state index in [1.807, 2.05) is 19.1 Å². The standard InChI is InChI=1S/C28H26BrCl2N3O4/c1-3-7-19-12-18(16-32-34-27(36)15-26(35)33-24-9-6-5-8-22(24)29)13-25(37-4-2)28(19)38-17-20-10-11-21(30)14-23(20)31/h3,5-6,8-14,16H,1,4,7,15,17H2,2H3,(H,33,35)(H,34,36).